The van der Waals surface area contributed by atoms with E-state index in [2.05, 4.69) is 61.5 Å². The van der Waals surface area contributed by atoms with Gasteiger partial charge in [0, 0.05) is 5.92 Å². The van der Waals surface area contributed by atoms with Crippen molar-refractivity contribution in [1.29, 1.82) is 0 Å². The van der Waals surface area contributed by atoms with Crippen LogP contribution in [-0.2, 0) is 6.42 Å². The number of aliphatic hydroxyl groups is 1. The predicted molar refractivity (Wildman–Crippen MR) is 111 cm³/mol. The summed E-state index contributed by atoms with van der Waals surface area (Å²) in [5.74, 6) is 1.33. The number of ether oxygens (including phenoxy) is 1. The summed E-state index contributed by atoms with van der Waals surface area (Å²) < 4.78 is 5.38. The van der Waals surface area contributed by atoms with Crippen LogP contribution in [0.1, 0.15) is 42.7 Å². The predicted octanol–water partition coefficient (Wildman–Crippen LogP) is 4.50. The van der Waals surface area contributed by atoms with E-state index in [0.717, 1.165) is 44.4 Å². The lowest BCUT2D eigenvalue weighted by Crippen LogP contribution is -2.42. The first-order valence-electron chi connectivity index (χ1n) is 10.1. The van der Waals surface area contributed by atoms with Gasteiger partial charge in [0.15, 0.2) is 0 Å². The highest BCUT2D eigenvalue weighted by Crippen LogP contribution is 2.48. The Hall–Kier alpha value is -1.84. The molecule has 1 fully saturated rings. The van der Waals surface area contributed by atoms with Gasteiger partial charge in [0.05, 0.1) is 12.7 Å². The van der Waals surface area contributed by atoms with Gasteiger partial charge in [-0.2, -0.15) is 0 Å². The van der Waals surface area contributed by atoms with E-state index < -0.39 is 5.60 Å². The van der Waals surface area contributed by atoms with Gasteiger partial charge >= 0.3 is 0 Å². The monoisotopic (exact) mass is 367 g/mol. The highest BCUT2D eigenvalue weighted by atomic mass is 16.5. The number of nitrogens with zero attached hydrogens (tertiary/aromatic N) is 1. The van der Waals surface area contributed by atoms with Crippen molar-refractivity contribution in [3.05, 3.63) is 65.7 Å². The summed E-state index contributed by atoms with van der Waals surface area (Å²) in [4.78, 5) is 2.21. The van der Waals surface area contributed by atoms with Gasteiger partial charge in [0.2, 0.25) is 0 Å². The Bertz CT molecular complexity index is 715. The molecule has 2 aromatic rings. The molecule has 0 bridgehead atoms. The van der Waals surface area contributed by atoms with Gasteiger partial charge in [-0.1, -0.05) is 48.9 Å². The Balaban J connectivity index is 1.86. The Morgan fingerprint density at radius 3 is 2.63 bits per heavy atom. The largest absolute Gasteiger partial charge is 0.497 e. The van der Waals surface area contributed by atoms with Gasteiger partial charge in [0.25, 0.3) is 0 Å². The summed E-state index contributed by atoms with van der Waals surface area (Å²) in [5, 5.41) is 11.9. The lowest BCUT2D eigenvalue weighted by molar-refractivity contribution is -0.0277. The van der Waals surface area contributed by atoms with E-state index in [4.69, 9.17) is 4.74 Å². The van der Waals surface area contributed by atoms with E-state index in [9.17, 15) is 5.11 Å². The van der Waals surface area contributed by atoms with Crippen LogP contribution in [0.5, 0.6) is 5.75 Å². The van der Waals surface area contributed by atoms with Crippen LogP contribution in [-0.4, -0.2) is 43.4 Å². The smallest absolute Gasteiger partial charge is 0.119 e. The molecule has 3 unspecified atom stereocenters. The Morgan fingerprint density at radius 2 is 1.93 bits per heavy atom. The molecule has 0 heterocycles. The maximum Gasteiger partial charge on any atom is 0.119 e. The molecule has 3 heteroatoms. The van der Waals surface area contributed by atoms with Crippen molar-refractivity contribution >= 4 is 0 Å². The molecule has 2 aromatic carbocycles. The first-order chi connectivity index (χ1) is 13.0. The molecule has 0 amide bonds. The van der Waals surface area contributed by atoms with Crippen LogP contribution in [0.25, 0.3) is 0 Å². The topological polar surface area (TPSA) is 32.7 Å². The molecular weight excluding hydrogens is 334 g/mol. The van der Waals surface area contributed by atoms with Crippen molar-refractivity contribution in [2.75, 3.05) is 27.7 Å². The second-order valence-electron chi connectivity index (χ2n) is 8.19. The third-order valence-corrected chi connectivity index (χ3v) is 6.12. The molecule has 0 radical (unpaired) electrons. The summed E-state index contributed by atoms with van der Waals surface area (Å²) in [5.41, 5.74) is 1.86. The minimum absolute atomic E-state index is 0.166. The van der Waals surface area contributed by atoms with Gasteiger partial charge in [-0.25, -0.2) is 0 Å². The number of hydrogen-bond acceptors (Lipinski definition) is 3. The SMILES string of the molecule is COc1cccc(CC2CCCC2(O)C(CCN(C)C)c2ccccc2)c1. The standard InChI is InChI=1S/C24H33NO2/c1-25(2)16-14-23(20-10-5-4-6-11-20)24(26)15-8-12-21(24)17-19-9-7-13-22(18-19)27-3/h4-7,9-11,13,18,21,23,26H,8,12,14-17H2,1-3H3. The maximum absolute atomic E-state index is 11.9. The summed E-state index contributed by atoms with van der Waals surface area (Å²) in [6, 6.07) is 18.9. The van der Waals surface area contributed by atoms with E-state index >= 15 is 0 Å². The van der Waals surface area contributed by atoms with Crippen molar-refractivity contribution in [2.45, 2.75) is 43.6 Å². The van der Waals surface area contributed by atoms with Crippen LogP contribution in [0.15, 0.2) is 54.6 Å². The average molecular weight is 368 g/mol. The normalized spacial score (nSPS) is 23.5. The van der Waals surface area contributed by atoms with Crippen molar-refractivity contribution in [2.24, 2.45) is 5.92 Å². The zero-order chi connectivity index (χ0) is 19.3. The molecule has 0 spiro atoms. The van der Waals surface area contributed by atoms with Crippen LogP contribution in [0.2, 0.25) is 0 Å². The highest BCUT2D eigenvalue weighted by Gasteiger charge is 2.47. The van der Waals surface area contributed by atoms with Crippen LogP contribution in [0.4, 0.5) is 0 Å². The van der Waals surface area contributed by atoms with E-state index in [1.165, 1.54) is 11.1 Å². The van der Waals surface area contributed by atoms with Gasteiger partial charge in [-0.05, 0) is 75.5 Å². The fourth-order valence-corrected chi connectivity index (χ4v) is 4.69. The number of hydrogen-bond donors (Lipinski definition) is 1. The molecule has 0 saturated heterocycles. The van der Waals surface area contributed by atoms with Gasteiger partial charge in [-0.15, -0.1) is 0 Å². The van der Waals surface area contributed by atoms with Crippen molar-refractivity contribution in [1.82, 2.24) is 4.90 Å². The lowest BCUT2D eigenvalue weighted by atomic mass is 9.72. The lowest BCUT2D eigenvalue weighted by Gasteiger charge is -2.39. The summed E-state index contributed by atoms with van der Waals surface area (Å²) >= 11 is 0. The van der Waals surface area contributed by atoms with Crippen molar-refractivity contribution in [3.8, 4) is 5.75 Å². The molecule has 0 aromatic heterocycles. The van der Waals surface area contributed by atoms with Gasteiger partial charge in [-0.3, -0.25) is 0 Å². The molecule has 146 valence electrons. The second kappa shape index (κ2) is 8.90. The molecular formula is C24H33NO2. The van der Waals surface area contributed by atoms with Crippen LogP contribution in [0.3, 0.4) is 0 Å². The maximum atomic E-state index is 11.9. The first-order valence-corrected chi connectivity index (χ1v) is 10.1. The average Bonchev–Trinajstić information content (AvgIpc) is 3.03. The Kier molecular flexibility index (Phi) is 6.56. The zero-order valence-electron chi connectivity index (χ0n) is 16.9. The molecule has 27 heavy (non-hydrogen) atoms. The van der Waals surface area contributed by atoms with E-state index in [-0.39, 0.29) is 11.8 Å². The molecule has 1 N–H and O–H groups in total. The first kappa shape index (κ1) is 19.9. The quantitative estimate of drug-likeness (QED) is 0.745. The fraction of sp³-hybridized carbons (Fsp3) is 0.500. The van der Waals surface area contributed by atoms with Crippen LogP contribution < -0.4 is 4.74 Å². The highest BCUT2D eigenvalue weighted by molar-refractivity contribution is 5.30. The van der Waals surface area contributed by atoms with E-state index in [0.29, 0.717) is 0 Å². The second-order valence-corrected chi connectivity index (χ2v) is 8.19. The number of methoxy groups -OCH3 is 1. The Labute approximate surface area is 164 Å². The third-order valence-electron chi connectivity index (χ3n) is 6.12. The Morgan fingerprint density at radius 1 is 1.15 bits per heavy atom. The molecule has 0 aliphatic heterocycles. The van der Waals surface area contributed by atoms with Crippen molar-refractivity contribution < 1.29 is 9.84 Å². The van der Waals surface area contributed by atoms with Gasteiger partial charge in [0.1, 0.15) is 5.75 Å². The van der Waals surface area contributed by atoms with E-state index in [1.807, 2.05) is 12.1 Å². The minimum Gasteiger partial charge on any atom is -0.497 e. The third kappa shape index (κ3) is 4.72. The van der Waals surface area contributed by atoms with Crippen LogP contribution >= 0.6 is 0 Å². The summed E-state index contributed by atoms with van der Waals surface area (Å²) in [6.07, 6.45) is 4.94. The molecule has 1 aliphatic rings. The molecule has 3 nitrogen and oxygen atoms in total. The van der Waals surface area contributed by atoms with Crippen molar-refractivity contribution in [3.63, 3.8) is 0 Å². The molecule has 3 atom stereocenters. The zero-order valence-corrected chi connectivity index (χ0v) is 16.9. The van der Waals surface area contributed by atoms with Gasteiger partial charge < -0.3 is 14.7 Å². The summed E-state index contributed by atoms with van der Waals surface area (Å²) in [6.45, 7) is 0.980. The van der Waals surface area contributed by atoms with E-state index in [1.54, 1.807) is 7.11 Å². The number of benzene rings is 2. The summed E-state index contributed by atoms with van der Waals surface area (Å²) in [7, 11) is 5.92. The molecule has 3 rings (SSSR count). The number of rotatable bonds is 8. The minimum atomic E-state index is -0.652. The van der Waals surface area contributed by atoms with Crippen LogP contribution in [0, 0.1) is 5.92 Å². The fourth-order valence-electron chi connectivity index (χ4n) is 4.69. The molecule has 1 aliphatic carbocycles. The molecule has 1 saturated carbocycles.